The molecule has 2 heterocycles. The van der Waals surface area contributed by atoms with Crippen molar-refractivity contribution in [2.75, 3.05) is 13.1 Å². The summed E-state index contributed by atoms with van der Waals surface area (Å²) in [6.07, 6.45) is 5.42. The molecule has 1 atom stereocenters. The first-order valence-corrected chi connectivity index (χ1v) is 10.2. The van der Waals surface area contributed by atoms with Gasteiger partial charge in [0.2, 0.25) is 5.91 Å². The van der Waals surface area contributed by atoms with Gasteiger partial charge in [-0.3, -0.25) is 9.78 Å². The molecule has 0 saturated carbocycles. The lowest BCUT2D eigenvalue weighted by Gasteiger charge is -2.33. The molecule has 0 radical (unpaired) electrons. The van der Waals surface area contributed by atoms with E-state index in [1.807, 2.05) is 35.2 Å². The smallest absolute Gasteiger partial charge is 0.227 e. The van der Waals surface area contributed by atoms with Gasteiger partial charge in [0.15, 0.2) is 0 Å². The molecule has 1 fully saturated rings. The summed E-state index contributed by atoms with van der Waals surface area (Å²) in [6.45, 7) is 1.35. The first kappa shape index (κ1) is 19.5. The summed E-state index contributed by atoms with van der Waals surface area (Å²) in [7, 11) is 0. The van der Waals surface area contributed by atoms with Gasteiger partial charge in [0.1, 0.15) is 16.9 Å². The monoisotopic (exact) mass is 406 g/mol. The SMILES string of the molecule is O=C(Cc1ccc(-c2ccccc2)cc1)N1CCCC(Oc2ccncc2Cl)C1. The summed E-state index contributed by atoms with van der Waals surface area (Å²) in [4.78, 5) is 18.7. The van der Waals surface area contributed by atoms with E-state index in [0.29, 0.717) is 23.7 Å². The van der Waals surface area contributed by atoms with Crippen molar-refractivity contribution in [2.45, 2.75) is 25.4 Å². The topological polar surface area (TPSA) is 42.4 Å². The number of hydrogen-bond acceptors (Lipinski definition) is 3. The van der Waals surface area contributed by atoms with Gasteiger partial charge >= 0.3 is 0 Å². The van der Waals surface area contributed by atoms with Crippen LogP contribution in [0.3, 0.4) is 0 Å². The number of carbonyl (C=O) groups excluding carboxylic acids is 1. The molecule has 3 aromatic rings. The lowest BCUT2D eigenvalue weighted by atomic mass is 10.0. The second kappa shape index (κ2) is 9.10. The van der Waals surface area contributed by atoms with Crippen LogP contribution in [0.5, 0.6) is 5.75 Å². The number of amides is 1. The molecule has 2 aromatic carbocycles. The molecule has 29 heavy (non-hydrogen) atoms. The van der Waals surface area contributed by atoms with Gasteiger partial charge in [0, 0.05) is 25.0 Å². The molecule has 0 N–H and O–H groups in total. The van der Waals surface area contributed by atoms with Crippen molar-refractivity contribution >= 4 is 17.5 Å². The highest BCUT2D eigenvalue weighted by Crippen LogP contribution is 2.26. The fourth-order valence-corrected chi connectivity index (χ4v) is 3.79. The Hall–Kier alpha value is -2.85. The summed E-state index contributed by atoms with van der Waals surface area (Å²) >= 11 is 6.14. The van der Waals surface area contributed by atoms with Gasteiger partial charge in [-0.15, -0.1) is 0 Å². The van der Waals surface area contributed by atoms with E-state index in [-0.39, 0.29) is 12.0 Å². The average molecular weight is 407 g/mol. The predicted molar refractivity (Wildman–Crippen MR) is 115 cm³/mol. The van der Waals surface area contributed by atoms with Crippen LogP contribution in [0.15, 0.2) is 73.1 Å². The van der Waals surface area contributed by atoms with Gasteiger partial charge in [0.25, 0.3) is 0 Å². The summed E-state index contributed by atoms with van der Waals surface area (Å²) in [5, 5.41) is 0.495. The third kappa shape index (κ3) is 4.96. The van der Waals surface area contributed by atoms with Crippen LogP contribution < -0.4 is 4.74 Å². The third-order valence-corrected chi connectivity index (χ3v) is 5.46. The highest BCUT2D eigenvalue weighted by molar-refractivity contribution is 6.31. The lowest BCUT2D eigenvalue weighted by Crippen LogP contribution is -2.45. The largest absolute Gasteiger partial charge is 0.487 e. The minimum atomic E-state index is -0.0481. The number of pyridine rings is 1. The van der Waals surface area contributed by atoms with Crippen molar-refractivity contribution in [3.63, 3.8) is 0 Å². The number of carbonyl (C=O) groups is 1. The van der Waals surface area contributed by atoms with Crippen molar-refractivity contribution in [3.05, 3.63) is 83.6 Å². The third-order valence-electron chi connectivity index (χ3n) is 5.18. The zero-order chi connectivity index (χ0) is 20.1. The molecular formula is C24H23ClN2O2. The number of benzene rings is 2. The summed E-state index contributed by atoms with van der Waals surface area (Å²) in [5.41, 5.74) is 3.36. The molecule has 0 aliphatic carbocycles. The van der Waals surface area contributed by atoms with E-state index in [1.165, 1.54) is 5.56 Å². The predicted octanol–water partition coefficient (Wildman–Crippen LogP) is 5.01. The number of likely N-dealkylation sites (tertiary alicyclic amines) is 1. The molecule has 0 bridgehead atoms. The van der Waals surface area contributed by atoms with Crippen LogP contribution in [0.25, 0.3) is 11.1 Å². The van der Waals surface area contributed by atoms with Crippen LogP contribution in [-0.4, -0.2) is 35.0 Å². The number of rotatable bonds is 5. The Labute approximate surface area is 176 Å². The molecule has 1 aromatic heterocycles. The van der Waals surface area contributed by atoms with E-state index < -0.39 is 0 Å². The number of ether oxygens (including phenoxy) is 1. The van der Waals surface area contributed by atoms with E-state index in [2.05, 4.69) is 29.2 Å². The van der Waals surface area contributed by atoms with Crippen molar-refractivity contribution < 1.29 is 9.53 Å². The number of nitrogens with zero attached hydrogens (tertiary/aromatic N) is 2. The maximum atomic E-state index is 12.8. The average Bonchev–Trinajstić information content (AvgIpc) is 2.77. The molecular weight excluding hydrogens is 384 g/mol. The normalized spacial score (nSPS) is 16.4. The molecule has 5 heteroatoms. The van der Waals surface area contributed by atoms with E-state index in [4.69, 9.17) is 16.3 Å². The Morgan fingerprint density at radius 1 is 1.07 bits per heavy atom. The first-order valence-electron chi connectivity index (χ1n) is 9.87. The summed E-state index contributed by atoms with van der Waals surface area (Å²) < 4.78 is 6.02. The van der Waals surface area contributed by atoms with E-state index in [9.17, 15) is 4.79 Å². The van der Waals surface area contributed by atoms with Crippen LogP contribution in [0.1, 0.15) is 18.4 Å². The quantitative estimate of drug-likeness (QED) is 0.597. The lowest BCUT2D eigenvalue weighted by molar-refractivity contribution is -0.133. The maximum Gasteiger partial charge on any atom is 0.227 e. The Morgan fingerprint density at radius 3 is 2.59 bits per heavy atom. The number of hydrogen-bond donors (Lipinski definition) is 0. The number of piperidine rings is 1. The molecule has 4 rings (SSSR count). The molecule has 1 unspecified atom stereocenters. The highest BCUT2D eigenvalue weighted by Gasteiger charge is 2.25. The van der Waals surface area contributed by atoms with Crippen molar-refractivity contribution in [2.24, 2.45) is 0 Å². The molecule has 1 saturated heterocycles. The second-order valence-electron chi connectivity index (χ2n) is 7.27. The second-order valence-corrected chi connectivity index (χ2v) is 7.67. The minimum Gasteiger partial charge on any atom is -0.487 e. The van der Waals surface area contributed by atoms with Crippen LogP contribution in [0.4, 0.5) is 0 Å². The Kier molecular flexibility index (Phi) is 6.11. The van der Waals surface area contributed by atoms with Gasteiger partial charge in [-0.25, -0.2) is 0 Å². The zero-order valence-electron chi connectivity index (χ0n) is 16.1. The number of aromatic nitrogens is 1. The molecule has 148 valence electrons. The van der Waals surface area contributed by atoms with Gasteiger partial charge in [-0.1, -0.05) is 66.2 Å². The number of halogens is 1. The van der Waals surface area contributed by atoms with Gasteiger partial charge < -0.3 is 9.64 Å². The molecule has 4 nitrogen and oxygen atoms in total. The van der Waals surface area contributed by atoms with Crippen LogP contribution in [0.2, 0.25) is 5.02 Å². The van der Waals surface area contributed by atoms with E-state index in [1.54, 1.807) is 18.5 Å². The van der Waals surface area contributed by atoms with Crippen LogP contribution in [-0.2, 0) is 11.2 Å². The highest BCUT2D eigenvalue weighted by atomic mass is 35.5. The summed E-state index contributed by atoms with van der Waals surface area (Å²) in [6, 6.07) is 20.2. The van der Waals surface area contributed by atoms with E-state index >= 15 is 0 Å². The fourth-order valence-electron chi connectivity index (χ4n) is 3.63. The Balaban J connectivity index is 1.36. The molecule has 1 aliphatic heterocycles. The molecule has 0 spiro atoms. The molecule has 1 aliphatic rings. The van der Waals surface area contributed by atoms with Crippen molar-refractivity contribution in [3.8, 4) is 16.9 Å². The first-order chi connectivity index (χ1) is 14.2. The van der Waals surface area contributed by atoms with Crippen molar-refractivity contribution in [1.29, 1.82) is 0 Å². The fraction of sp³-hybridized carbons (Fsp3) is 0.250. The Morgan fingerprint density at radius 2 is 1.83 bits per heavy atom. The Bertz CT molecular complexity index is 960. The van der Waals surface area contributed by atoms with Crippen molar-refractivity contribution in [1.82, 2.24) is 9.88 Å². The van der Waals surface area contributed by atoms with Gasteiger partial charge in [-0.2, -0.15) is 0 Å². The molecule has 1 amide bonds. The standard InChI is InChI=1S/C24H23ClN2O2/c25-22-16-26-13-12-23(22)29-21-7-4-14-27(17-21)24(28)15-18-8-10-20(11-9-18)19-5-2-1-3-6-19/h1-3,5-6,8-13,16,21H,4,7,14-15,17H2. The summed E-state index contributed by atoms with van der Waals surface area (Å²) in [5.74, 6) is 0.754. The van der Waals surface area contributed by atoms with Crippen LogP contribution in [0, 0.1) is 0 Å². The van der Waals surface area contributed by atoms with Crippen LogP contribution >= 0.6 is 11.6 Å². The van der Waals surface area contributed by atoms with E-state index in [0.717, 1.165) is 30.5 Å². The zero-order valence-corrected chi connectivity index (χ0v) is 16.9. The maximum absolute atomic E-state index is 12.8. The minimum absolute atomic E-state index is 0.0481. The van der Waals surface area contributed by atoms with Gasteiger partial charge in [0.05, 0.1) is 13.0 Å². The van der Waals surface area contributed by atoms with Gasteiger partial charge in [-0.05, 0) is 29.5 Å².